The summed E-state index contributed by atoms with van der Waals surface area (Å²) >= 11 is 0. The van der Waals surface area contributed by atoms with Crippen molar-refractivity contribution < 1.29 is 0 Å². The number of rotatable bonds is 3. The predicted octanol–water partition coefficient (Wildman–Crippen LogP) is 1.90. The van der Waals surface area contributed by atoms with Crippen LogP contribution < -0.4 is 5.32 Å². The van der Waals surface area contributed by atoms with Crippen LogP contribution in [0.4, 0.5) is 0 Å². The van der Waals surface area contributed by atoms with Gasteiger partial charge in [-0.25, -0.2) is 0 Å². The second kappa shape index (κ2) is 5.65. The molecule has 90 valence electrons. The first-order chi connectivity index (χ1) is 7.79. The lowest BCUT2D eigenvalue weighted by atomic mass is 10.0. The van der Waals surface area contributed by atoms with Crippen LogP contribution in [0.5, 0.6) is 0 Å². The molecule has 0 bridgehead atoms. The highest BCUT2D eigenvalue weighted by molar-refractivity contribution is 4.91. The molecular formula is C13H23N3. The fraction of sp³-hybridized carbons (Fsp3) is 0.923. The molecule has 0 radical (unpaired) electrons. The molecule has 1 aliphatic heterocycles. The third kappa shape index (κ3) is 2.96. The molecule has 1 aliphatic carbocycles. The number of piperidine rings is 1. The molecule has 3 nitrogen and oxygen atoms in total. The van der Waals surface area contributed by atoms with Gasteiger partial charge in [-0.15, -0.1) is 0 Å². The van der Waals surface area contributed by atoms with Gasteiger partial charge in [0.2, 0.25) is 0 Å². The molecule has 0 aromatic heterocycles. The normalized spacial score (nSPS) is 26.8. The summed E-state index contributed by atoms with van der Waals surface area (Å²) in [6.07, 6.45) is 7.97. The van der Waals surface area contributed by atoms with Crippen LogP contribution in [0.25, 0.3) is 0 Å². The highest BCUT2D eigenvalue weighted by Crippen LogP contribution is 2.21. The van der Waals surface area contributed by atoms with Crippen molar-refractivity contribution in [2.24, 2.45) is 0 Å². The Kier molecular flexibility index (Phi) is 4.20. The van der Waals surface area contributed by atoms with E-state index in [0.29, 0.717) is 6.04 Å². The van der Waals surface area contributed by atoms with Gasteiger partial charge in [0.05, 0.1) is 12.1 Å². The molecule has 1 N–H and O–H groups in total. The molecule has 1 saturated carbocycles. The first kappa shape index (κ1) is 11.9. The largest absolute Gasteiger partial charge is 0.311 e. The van der Waals surface area contributed by atoms with Crippen LogP contribution in [0.2, 0.25) is 0 Å². The van der Waals surface area contributed by atoms with Crippen LogP contribution in [0.3, 0.4) is 0 Å². The maximum atomic E-state index is 8.88. The van der Waals surface area contributed by atoms with E-state index in [0.717, 1.165) is 19.1 Å². The summed E-state index contributed by atoms with van der Waals surface area (Å²) in [5.41, 5.74) is 0. The SMILES string of the molecule is C[C@@H](C#N)N1CCC(NC2CCCC2)CC1. The Bertz CT molecular complexity index is 244. The molecule has 0 aromatic rings. The Balaban J connectivity index is 1.70. The summed E-state index contributed by atoms with van der Waals surface area (Å²) in [5.74, 6) is 0. The molecule has 0 aromatic carbocycles. The maximum absolute atomic E-state index is 8.88. The van der Waals surface area contributed by atoms with Gasteiger partial charge in [-0.3, -0.25) is 4.90 Å². The summed E-state index contributed by atoms with van der Waals surface area (Å²) < 4.78 is 0. The number of nitriles is 1. The lowest BCUT2D eigenvalue weighted by Crippen LogP contribution is -2.47. The average Bonchev–Trinajstić information content (AvgIpc) is 2.82. The van der Waals surface area contributed by atoms with E-state index >= 15 is 0 Å². The Morgan fingerprint density at radius 3 is 2.25 bits per heavy atom. The minimum Gasteiger partial charge on any atom is -0.311 e. The van der Waals surface area contributed by atoms with Gasteiger partial charge in [0.1, 0.15) is 0 Å². The van der Waals surface area contributed by atoms with Gasteiger partial charge in [0, 0.05) is 25.2 Å². The van der Waals surface area contributed by atoms with Gasteiger partial charge < -0.3 is 5.32 Å². The molecule has 1 atom stereocenters. The molecule has 2 fully saturated rings. The van der Waals surface area contributed by atoms with Crippen LogP contribution in [0.1, 0.15) is 45.4 Å². The molecule has 1 saturated heterocycles. The first-order valence-corrected chi connectivity index (χ1v) is 6.69. The maximum Gasteiger partial charge on any atom is 0.0949 e. The monoisotopic (exact) mass is 221 g/mol. The quantitative estimate of drug-likeness (QED) is 0.791. The Morgan fingerprint density at radius 1 is 1.12 bits per heavy atom. The number of nitrogens with zero attached hydrogens (tertiary/aromatic N) is 2. The van der Waals surface area contributed by atoms with Crippen molar-refractivity contribution in [1.82, 2.24) is 10.2 Å². The minimum atomic E-state index is 0.0902. The molecule has 0 unspecified atom stereocenters. The van der Waals surface area contributed by atoms with Crippen LogP contribution in [-0.4, -0.2) is 36.1 Å². The van der Waals surface area contributed by atoms with Gasteiger partial charge in [0.15, 0.2) is 0 Å². The van der Waals surface area contributed by atoms with E-state index in [-0.39, 0.29) is 6.04 Å². The van der Waals surface area contributed by atoms with E-state index in [9.17, 15) is 0 Å². The van der Waals surface area contributed by atoms with E-state index in [4.69, 9.17) is 5.26 Å². The minimum absolute atomic E-state index is 0.0902. The van der Waals surface area contributed by atoms with Crippen molar-refractivity contribution >= 4 is 0 Å². The molecular weight excluding hydrogens is 198 g/mol. The molecule has 2 rings (SSSR count). The zero-order valence-electron chi connectivity index (χ0n) is 10.3. The summed E-state index contributed by atoms with van der Waals surface area (Å²) in [5, 5.41) is 12.7. The molecule has 0 amide bonds. The van der Waals surface area contributed by atoms with E-state index < -0.39 is 0 Å². The standard InChI is InChI=1S/C13H23N3/c1-11(10-14)16-8-6-13(7-9-16)15-12-4-2-3-5-12/h11-13,15H,2-9H2,1H3/t11-/m0/s1. The number of hydrogen-bond donors (Lipinski definition) is 1. The van der Waals surface area contributed by atoms with Crippen molar-refractivity contribution in [3.05, 3.63) is 0 Å². The highest BCUT2D eigenvalue weighted by atomic mass is 15.2. The van der Waals surface area contributed by atoms with E-state index in [1.165, 1.54) is 38.5 Å². The van der Waals surface area contributed by atoms with E-state index in [1.54, 1.807) is 0 Å². The number of nitrogens with one attached hydrogen (secondary N) is 1. The fourth-order valence-electron chi connectivity index (χ4n) is 2.96. The number of likely N-dealkylation sites (tertiary alicyclic amines) is 1. The van der Waals surface area contributed by atoms with Crippen LogP contribution in [-0.2, 0) is 0 Å². The van der Waals surface area contributed by atoms with Crippen molar-refractivity contribution in [2.75, 3.05) is 13.1 Å². The Hall–Kier alpha value is -0.590. The smallest absolute Gasteiger partial charge is 0.0949 e. The Morgan fingerprint density at radius 2 is 1.69 bits per heavy atom. The second-order valence-electron chi connectivity index (χ2n) is 5.26. The van der Waals surface area contributed by atoms with E-state index in [1.807, 2.05) is 6.92 Å². The predicted molar refractivity (Wildman–Crippen MR) is 65.1 cm³/mol. The zero-order valence-corrected chi connectivity index (χ0v) is 10.3. The summed E-state index contributed by atoms with van der Waals surface area (Å²) in [6, 6.07) is 3.90. The van der Waals surface area contributed by atoms with Gasteiger partial charge in [-0.2, -0.15) is 5.26 Å². The summed E-state index contributed by atoms with van der Waals surface area (Å²) in [6.45, 7) is 4.17. The van der Waals surface area contributed by atoms with Gasteiger partial charge in [-0.1, -0.05) is 12.8 Å². The van der Waals surface area contributed by atoms with E-state index in [2.05, 4.69) is 16.3 Å². The highest BCUT2D eigenvalue weighted by Gasteiger charge is 2.25. The fourth-order valence-corrected chi connectivity index (χ4v) is 2.96. The van der Waals surface area contributed by atoms with Crippen molar-refractivity contribution in [3.8, 4) is 6.07 Å². The van der Waals surface area contributed by atoms with Crippen molar-refractivity contribution in [2.45, 2.75) is 63.6 Å². The molecule has 3 heteroatoms. The third-order valence-corrected chi connectivity index (χ3v) is 4.09. The van der Waals surface area contributed by atoms with Crippen molar-refractivity contribution in [3.63, 3.8) is 0 Å². The second-order valence-corrected chi connectivity index (χ2v) is 5.26. The topological polar surface area (TPSA) is 39.1 Å². The zero-order chi connectivity index (χ0) is 11.4. The van der Waals surface area contributed by atoms with Gasteiger partial charge in [-0.05, 0) is 32.6 Å². The first-order valence-electron chi connectivity index (χ1n) is 6.69. The Labute approximate surface area is 98.8 Å². The average molecular weight is 221 g/mol. The van der Waals surface area contributed by atoms with Crippen LogP contribution in [0, 0.1) is 11.3 Å². The molecule has 1 heterocycles. The molecule has 0 spiro atoms. The molecule has 2 aliphatic rings. The van der Waals surface area contributed by atoms with Crippen molar-refractivity contribution in [1.29, 1.82) is 5.26 Å². The lowest BCUT2D eigenvalue weighted by molar-refractivity contribution is 0.172. The third-order valence-electron chi connectivity index (χ3n) is 4.09. The van der Waals surface area contributed by atoms with Gasteiger partial charge >= 0.3 is 0 Å². The summed E-state index contributed by atoms with van der Waals surface area (Å²) in [7, 11) is 0. The summed E-state index contributed by atoms with van der Waals surface area (Å²) in [4.78, 5) is 2.30. The van der Waals surface area contributed by atoms with Crippen LogP contribution >= 0.6 is 0 Å². The van der Waals surface area contributed by atoms with Crippen LogP contribution in [0.15, 0.2) is 0 Å². The number of hydrogen-bond acceptors (Lipinski definition) is 3. The lowest BCUT2D eigenvalue weighted by Gasteiger charge is -2.35. The molecule has 16 heavy (non-hydrogen) atoms. The van der Waals surface area contributed by atoms with Gasteiger partial charge in [0.25, 0.3) is 0 Å².